The van der Waals surface area contributed by atoms with Gasteiger partial charge in [-0.05, 0) is 44.4 Å². The van der Waals surface area contributed by atoms with E-state index in [1.165, 1.54) is 0 Å². The molecule has 0 aromatic heterocycles. The fourth-order valence-electron chi connectivity index (χ4n) is 2.31. The zero-order valence-corrected chi connectivity index (χ0v) is 13.5. The maximum Gasteiger partial charge on any atom is 0.240 e. The lowest BCUT2D eigenvalue weighted by Gasteiger charge is -2.36. The van der Waals surface area contributed by atoms with Gasteiger partial charge in [0.2, 0.25) is 5.91 Å². The molecule has 4 nitrogen and oxygen atoms in total. The molecule has 0 spiro atoms. The summed E-state index contributed by atoms with van der Waals surface area (Å²) in [6.45, 7) is 5.05. The molecule has 1 amide bonds. The number of rotatable bonds is 3. The van der Waals surface area contributed by atoms with E-state index in [-0.39, 0.29) is 5.91 Å². The van der Waals surface area contributed by atoms with Gasteiger partial charge in [-0.15, -0.1) is 0 Å². The summed E-state index contributed by atoms with van der Waals surface area (Å²) < 4.78 is 6.29. The van der Waals surface area contributed by atoms with Gasteiger partial charge in [0.1, 0.15) is 0 Å². The standard InChI is InChI=1S/C15H21BrN2O2/c1-14(2,11-3-5-12(16)6-4-11)18-13(19)15(17)7-9-20-10-8-15/h3-6H,7-10,17H2,1-2H3,(H,18,19). The average molecular weight is 341 g/mol. The molecule has 1 aliphatic heterocycles. The Labute approximate surface area is 128 Å². The molecule has 2 rings (SSSR count). The van der Waals surface area contributed by atoms with Gasteiger partial charge in [0.15, 0.2) is 0 Å². The summed E-state index contributed by atoms with van der Waals surface area (Å²) in [6, 6.07) is 7.93. The highest BCUT2D eigenvalue weighted by atomic mass is 79.9. The second-order valence-corrected chi connectivity index (χ2v) is 6.77. The lowest BCUT2D eigenvalue weighted by atomic mass is 9.87. The monoisotopic (exact) mass is 340 g/mol. The Balaban J connectivity index is 2.11. The summed E-state index contributed by atoms with van der Waals surface area (Å²) >= 11 is 3.41. The van der Waals surface area contributed by atoms with Gasteiger partial charge < -0.3 is 15.8 Å². The summed E-state index contributed by atoms with van der Waals surface area (Å²) in [5.74, 6) is -0.103. The molecule has 20 heavy (non-hydrogen) atoms. The molecule has 0 radical (unpaired) electrons. The highest BCUT2D eigenvalue weighted by Gasteiger charge is 2.38. The van der Waals surface area contributed by atoms with Gasteiger partial charge in [0, 0.05) is 17.7 Å². The van der Waals surface area contributed by atoms with E-state index in [2.05, 4.69) is 21.2 Å². The lowest BCUT2D eigenvalue weighted by Crippen LogP contribution is -2.60. The van der Waals surface area contributed by atoms with Crippen LogP contribution in [0.1, 0.15) is 32.3 Å². The van der Waals surface area contributed by atoms with Gasteiger partial charge >= 0.3 is 0 Å². The van der Waals surface area contributed by atoms with E-state index < -0.39 is 11.1 Å². The van der Waals surface area contributed by atoms with E-state index >= 15 is 0 Å². The largest absolute Gasteiger partial charge is 0.381 e. The van der Waals surface area contributed by atoms with E-state index in [0.29, 0.717) is 26.1 Å². The molecule has 1 heterocycles. The van der Waals surface area contributed by atoms with Crippen LogP contribution in [0, 0.1) is 0 Å². The number of hydrogen-bond acceptors (Lipinski definition) is 3. The first-order valence-electron chi connectivity index (χ1n) is 6.79. The molecule has 1 fully saturated rings. The van der Waals surface area contributed by atoms with Crippen molar-refractivity contribution in [2.75, 3.05) is 13.2 Å². The van der Waals surface area contributed by atoms with E-state index in [1.54, 1.807) is 0 Å². The Morgan fingerprint density at radius 2 is 1.85 bits per heavy atom. The van der Waals surface area contributed by atoms with Crippen LogP contribution in [0.3, 0.4) is 0 Å². The number of benzene rings is 1. The lowest BCUT2D eigenvalue weighted by molar-refractivity contribution is -0.131. The summed E-state index contributed by atoms with van der Waals surface area (Å²) in [5, 5.41) is 3.07. The van der Waals surface area contributed by atoms with Crippen molar-refractivity contribution in [1.29, 1.82) is 0 Å². The van der Waals surface area contributed by atoms with E-state index in [9.17, 15) is 4.79 Å². The van der Waals surface area contributed by atoms with Gasteiger partial charge in [-0.2, -0.15) is 0 Å². The highest BCUT2D eigenvalue weighted by Crippen LogP contribution is 2.25. The summed E-state index contributed by atoms with van der Waals surface area (Å²) in [6.07, 6.45) is 1.13. The number of carbonyl (C=O) groups excluding carboxylic acids is 1. The van der Waals surface area contributed by atoms with Crippen molar-refractivity contribution in [3.05, 3.63) is 34.3 Å². The molecule has 110 valence electrons. The maximum absolute atomic E-state index is 12.5. The van der Waals surface area contributed by atoms with Gasteiger partial charge in [-0.1, -0.05) is 28.1 Å². The molecule has 1 aliphatic rings. The molecule has 0 atom stereocenters. The molecule has 5 heteroatoms. The molecule has 0 bridgehead atoms. The van der Waals surface area contributed by atoms with Crippen LogP contribution < -0.4 is 11.1 Å². The van der Waals surface area contributed by atoms with Crippen LogP contribution in [0.15, 0.2) is 28.7 Å². The van der Waals surface area contributed by atoms with Crippen LogP contribution in [0.5, 0.6) is 0 Å². The van der Waals surface area contributed by atoms with E-state index in [4.69, 9.17) is 10.5 Å². The number of nitrogens with two attached hydrogens (primary N) is 1. The molecular formula is C15H21BrN2O2. The van der Waals surface area contributed by atoms with E-state index in [0.717, 1.165) is 10.0 Å². The van der Waals surface area contributed by atoms with Crippen molar-refractivity contribution < 1.29 is 9.53 Å². The van der Waals surface area contributed by atoms with Crippen LogP contribution in [-0.4, -0.2) is 24.7 Å². The highest BCUT2D eigenvalue weighted by molar-refractivity contribution is 9.10. The van der Waals surface area contributed by atoms with Crippen LogP contribution in [0.2, 0.25) is 0 Å². The molecule has 1 saturated heterocycles. The van der Waals surface area contributed by atoms with Crippen LogP contribution >= 0.6 is 15.9 Å². The zero-order chi connectivity index (χ0) is 14.8. The number of ether oxygens (including phenoxy) is 1. The Kier molecular flexibility index (Phi) is 4.52. The first kappa shape index (κ1) is 15.5. The van der Waals surface area contributed by atoms with Gasteiger partial charge in [0.05, 0.1) is 11.1 Å². The fraction of sp³-hybridized carbons (Fsp3) is 0.533. The summed E-state index contributed by atoms with van der Waals surface area (Å²) in [7, 11) is 0. The molecule has 3 N–H and O–H groups in total. The Morgan fingerprint density at radius 1 is 1.30 bits per heavy atom. The van der Waals surface area contributed by atoms with Crippen molar-refractivity contribution >= 4 is 21.8 Å². The van der Waals surface area contributed by atoms with Gasteiger partial charge in [0.25, 0.3) is 0 Å². The van der Waals surface area contributed by atoms with Crippen LogP contribution in [-0.2, 0) is 15.1 Å². The quantitative estimate of drug-likeness (QED) is 0.887. The third-order valence-corrected chi connectivity index (χ3v) is 4.36. The normalized spacial score (nSPS) is 18.6. The molecule has 0 unspecified atom stereocenters. The molecule has 1 aromatic rings. The smallest absolute Gasteiger partial charge is 0.240 e. The first-order valence-corrected chi connectivity index (χ1v) is 7.58. The average Bonchev–Trinajstić information content (AvgIpc) is 2.39. The second-order valence-electron chi connectivity index (χ2n) is 5.85. The number of amides is 1. The number of halogens is 1. The summed E-state index contributed by atoms with van der Waals surface area (Å²) in [4.78, 5) is 12.5. The first-order chi connectivity index (χ1) is 9.33. The number of nitrogens with one attached hydrogen (secondary N) is 1. The van der Waals surface area contributed by atoms with Gasteiger partial charge in [-0.3, -0.25) is 4.79 Å². The van der Waals surface area contributed by atoms with Crippen molar-refractivity contribution in [3.8, 4) is 0 Å². The Hall–Kier alpha value is -0.910. The molecule has 0 saturated carbocycles. The number of hydrogen-bond donors (Lipinski definition) is 2. The van der Waals surface area contributed by atoms with E-state index in [1.807, 2.05) is 38.1 Å². The fourth-order valence-corrected chi connectivity index (χ4v) is 2.57. The predicted molar refractivity (Wildman–Crippen MR) is 82.3 cm³/mol. The van der Waals surface area contributed by atoms with Crippen molar-refractivity contribution in [3.63, 3.8) is 0 Å². The van der Waals surface area contributed by atoms with Crippen molar-refractivity contribution in [1.82, 2.24) is 5.32 Å². The van der Waals surface area contributed by atoms with Crippen LogP contribution in [0.4, 0.5) is 0 Å². The number of carbonyl (C=O) groups is 1. The maximum atomic E-state index is 12.5. The predicted octanol–water partition coefficient (Wildman–Crippen LogP) is 2.31. The Morgan fingerprint density at radius 3 is 2.40 bits per heavy atom. The minimum Gasteiger partial charge on any atom is -0.381 e. The minimum atomic E-state index is -0.815. The summed E-state index contributed by atoms with van der Waals surface area (Å²) in [5.41, 5.74) is 5.99. The van der Waals surface area contributed by atoms with Gasteiger partial charge in [-0.25, -0.2) is 0 Å². The van der Waals surface area contributed by atoms with Crippen molar-refractivity contribution in [2.24, 2.45) is 5.73 Å². The SMILES string of the molecule is CC(C)(NC(=O)C1(N)CCOCC1)c1ccc(Br)cc1. The zero-order valence-electron chi connectivity index (χ0n) is 11.9. The van der Waals surface area contributed by atoms with Crippen molar-refractivity contribution in [2.45, 2.75) is 37.8 Å². The third kappa shape index (κ3) is 3.40. The molecular weight excluding hydrogens is 320 g/mol. The topological polar surface area (TPSA) is 64.4 Å². The third-order valence-electron chi connectivity index (χ3n) is 3.83. The Bertz CT molecular complexity index is 479. The minimum absolute atomic E-state index is 0.103. The second kappa shape index (κ2) is 5.84. The molecule has 1 aromatic carbocycles. The van der Waals surface area contributed by atoms with Crippen LogP contribution in [0.25, 0.3) is 0 Å². The molecule has 0 aliphatic carbocycles.